The van der Waals surface area contributed by atoms with Crippen molar-refractivity contribution in [3.05, 3.63) is 65.0 Å². The van der Waals surface area contributed by atoms with Crippen molar-refractivity contribution in [1.82, 2.24) is 15.1 Å². The van der Waals surface area contributed by atoms with Crippen LogP contribution in [0.1, 0.15) is 48.2 Å². The number of nitriles is 1. The second-order valence-electron chi connectivity index (χ2n) is 10.2. The number of aryl methyl sites for hydroxylation is 1. The van der Waals surface area contributed by atoms with Crippen LogP contribution < -0.4 is 10.2 Å². The van der Waals surface area contributed by atoms with Crippen molar-refractivity contribution in [1.29, 1.82) is 5.26 Å². The van der Waals surface area contributed by atoms with Crippen molar-refractivity contribution in [2.75, 3.05) is 25.0 Å². The molecule has 0 bridgehead atoms. The van der Waals surface area contributed by atoms with Crippen LogP contribution in [0.4, 0.5) is 14.9 Å². The Bertz CT molecular complexity index is 1340. The van der Waals surface area contributed by atoms with Gasteiger partial charge in [-0.15, -0.1) is 0 Å². The smallest absolute Gasteiger partial charge is 0.331 e. The summed E-state index contributed by atoms with van der Waals surface area (Å²) in [6.45, 7) is 5.69. The molecule has 5 amide bonds. The number of carbonyl (C=O) groups excluding carboxylic acids is 4. The van der Waals surface area contributed by atoms with Gasteiger partial charge in [0, 0.05) is 25.8 Å². The number of hydrogen-bond donors (Lipinski definition) is 1. The van der Waals surface area contributed by atoms with E-state index in [0.29, 0.717) is 11.3 Å². The van der Waals surface area contributed by atoms with Gasteiger partial charge in [-0.2, -0.15) is 5.26 Å². The highest BCUT2D eigenvalue weighted by molar-refractivity contribution is 6.16. The number of nitrogens with zero attached hydrogens (tertiary/aromatic N) is 4. The Labute approximate surface area is 220 Å². The first-order valence-electron chi connectivity index (χ1n) is 12.5. The maximum absolute atomic E-state index is 14.3. The van der Waals surface area contributed by atoms with E-state index < -0.39 is 29.3 Å². The molecule has 2 fully saturated rings. The molecule has 4 rings (SSSR count). The molecule has 1 N–H and O–H groups in total. The van der Waals surface area contributed by atoms with Crippen molar-refractivity contribution >= 4 is 29.4 Å². The van der Waals surface area contributed by atoms with Crippen LogP contribution in [-0.4, -0.2) is 65.3 Å². The molecule has 2 heterocycles. The van der Waals surface area contributed by atoms with Gasteiger partial charge in [0.25, 0.3) is 11.8 Å². The number of nitrogens with one attached hydrogen (secondary N) is 1. The summed E-state index contributed by atoms with van der Waals surface area (Å²) in [6, 6.07) is 11.4. The van der Waals surface area contributed by atoms with E-state index in [-0.39, 0.29) is 49.2 Å². The topological polar surface area (TPSA) is 114 Å². The largest absolute Gasteiger partial charge is 0.341 e. The van der Waals surface area contributed by atoms with Gasteiger partial charge in [-0.1, -0.05) is 31.5 Å². The predicted octanol–water partition coefficient (Wildman–Crippen LogP) is 3.22. The van der Waals surface area contributed by atoms with Gasteiger partial charge in [0.1, 0.15) is 17.4 Å². The summed E-state index contributed by atoms with van der Waals surface area (Å²) >= 11 is 0. The number of likely N-dealkylation sites (N-methyl/N-ethyl adjacent to an activating group) is 1. The summed E-state index contributed by atoms with van der Waals surface area (Å²) in [5.74, 6) is -2.31. The second kappa shape index (κ2) is 10.2. The lowest BCUT2D eigenvalue weighted by molar-refractivity contribution is -0.139. The van der Waals surface area contributed by atoms with Crippen LogP contribution in [0.25, 0.3) is 0 Å². The molecule has 1 atom stereocenters. The van der Waals surface area contributed by atoms with Crippen molar-refractivity contribution in [2.24, 2.45) is 5.92 Å². The molecule has 0 unspecified atom stereocenters. The van der Waals surface area contributed by atoms with E-state index >= 15 is 0 Å². The molecule has 0 saturated carbocycles. The molecule has 198 valence electrons. The first kappa shape index (κ1) is 26.8. The standard InChI is InChI=1S/C28H30FN5O4/c1-17(2)23(31-24(35)21-14-18(3)8-9-22(21)29)25(36)33-12-10-28(11-13-33)26(37)32(4)27(38)34(28)20-7-5-6-19(15-20)16-30/h5-9,14-15,17,23H,10-13H2,1-4H3,(H,31,35)/t23-/m1/s1. The maximum Gasteiger partial charge on any atom is 0.331 e. The van der Waals surface area contributed by atoms with Gasteiger partial charge in [-0.05, 0) is 56.0 Å². The molecular formula is C28H30FN5O4. The number of halogens is 1. The molecule has 1 spiro atoms. The molecule has 2 aliphatic rings. The van der Waals surface area contributed by atoms with Crippen LogP contribution in [-0.2, 0) is 9.59 Å². The summed E-state index contributed by atoms with van der Waals surface area (Å²) in [6.07, 6.45) is 0.380. The lowest BCUT2D eigenvalue weighted by Crippen LogP contribution is -2.60. The van der Waals surface area contributed by atoms with E-state index in [2.05, 4.69) is 11.4 Å². The molecule has 2 aromatic carbocycles. The molecule has 0 aliphatic carbocycles. The molecule has 2 saturated heterocycles. The van der Waals surface area contributed by atoms with Crippen molar-refractivity contribution < 1.29 is 23.6 Å². The average molecular weight is 520 g/mol. The van der Waals surface area contributed by atoms with Gasteiger partial charge in [0.15, 0.2) is 0 Å². The Morgan fingerprint density at radius 1 is 1.11 bits per heavy atom. The van der Waals surface area contributed by atoms with Gasteiger partial charge in [0.2, 0.25) is 5.91 Å². The summed E-state index contributed by atoms with van der Waals surface area (Å²) in [7, 11) is 1.42. The van der Waals surface area contributed by atoms with Crippen LogP contribution in [0, 0.1) is 30.0 Å². The van der Waals surface area contributed by atoms with Gasteiger partial charge in [0.05, 0.1) is 17.2 Å². The normalized spacial score (nSPS) is 17.7. The van der Waals surface area contributed by atoms with E-state index in [1.165, 1.54) is 24.1 Å². The van der Waals surface area contributed by atoms with E-state index in [9.17, 15) is 28.8 Å². The molecular weight excluding hydrogens is 489 g/mol. The summed E-state index contributed by atoms with van der Waals surface area (Å²) in [5, 5.41) is 12.0. The van der Waals surface area contributed by atoms with Crippen LogP contribution in [0.15, 0.2) is 42.5 Å². The van der Waals surface area contributed by atoms with Crippen molar-refractivity contribution in [3.63, 3.8) is 0 Å². The average Bonchev–Trinajstić information content (AvgIpc) is 3.08. The maximum atomic E-state index is 14.3. The number of benzene rings is 2. The van der Waals surface area contributed by atoms with Crippen LogP contribution in [0.3, 0.4) is 0 Å². The lowest BCUT2D eigenvalue weighted by atomic mass is 9.85. The number of rotatable bonds is 5. The number of piperidine rings is 1. The highest BCUT2D eigenvalue weighted by Crippen LogP contribution is 2.40. The minimum atomic E-state index is -1.18. The van der Waals surface area contributed by atoms with E-state index in [1.54, 1.807) is 56.0 Å². The van der Waals surface area contributed by atoms with Crippen molar-refractivity contribution in [2.45, 2.75) is 45.2 Å². The fourth-order valence-corrected chi connectivity index (χ4v) is 5.18. The summed E-state index contributed by atoms with van der Waals surface area (Å²) in [4.78, 5) is 56.9. The molecule has 0 radical (unpaired) electrons. The quantitative estimate of drug-likeness (QED) is 0.610. The van der Waals surface area contributed by atoms with Crippen LogP contribution in [0.2, 0.25) is 0 Å². The monoisotopic (exact) mass is 519 g/mol. The fraction of sp³-hybridized carbons (Fsp3) is 0.393. The highest BCUT2D eigenvalue weighted by Gasteiger charge is 2.58. The van der Waals surface area contributed by atoms with Crippen LogP contribution in [0.5, 0.6) is 0 Å². The molecule has 38 heavy (non-hydrogen) atoms. The number of amides is 5. The Balaban J connectivity index is 1.54. The number of imide groups is 1. The lowest BCUT2D eigenvalue weighted by Gasteiger charge is -2.43. The summed E-state index contributed by atoms with van der Waals surface area (Å²) < 4.78 is 14.3. The molecule has 2 aliphatic heterocycles. The zero-order valence-electron chi connectivity index (χ0n) is 21.8. The number of carbonyl (C=O) groups is 4. The minimum absolute atomic E-state index is 0.130. The van der Waals surface area contributed by atoms with Gasteiger partial charge in [-0.25, -0.2) is 9.18 Å². The van der Waals surface area contributed by atoms with Crippen LogP contribution >= 0.6 is 0 Å². The second-order valence-corrected chi connectivity index (χ2v) is 10.2. The molecule has 2 aromatic rings. The third-order valence-corrected chi connectivity index (χ3v) is 7.33. The predicted molar refractivity (Wildman–Crippen MR) is 138 cm³/mol. The third kappa shape index (κ3) is 4.60. The van der Waals surface area contributed by atoms with Gasteiger partial charge >= 0.3 is 6.03 Å². The highest BCUT2D eigenvalue weighted by atomic mass is 19.1. The number of urea groups is 1. The van der Waals surface area contributed by atoms with Crippen molar-refractivity contribution in [3.8, 4) is 6.07 Å². The number of hydrogen-bond acceptors (Lipinski definition) is 5. The zero-order valence-corrected chi connectivity index (χ0v) is 21.8. The summed E-state index contributed by atoms with van der Waals surface area (Å²) in [5.41, 5.74) is 0.211. The Morgan fingerprint density at radius 3 is 2.42 bits per heavy atom. The fourth-order valence-electron chi connectivity index (χ4n) is 5.18. The van der Waals surface area contributed by atoms with Gasteiger partial charge < -0.3 is 10.2 Å². The molecule has 10 heteroatoms. The zero-order chi connectivity index (χ0) is 27.8. The Hall–Kier alpha value is -4.26. The Morgan fingerprint density at radius 2 is 1.79 bits per heavy atom. The molecule has 9 nitrogen and oxygen atoms in total. The van der Waals surface area contributed by atoms with E-state index in [0.717, 1.165) is 10.5 Å². The number of likely N-dealkylation sites (tertiary alicyclic amines) is 1. The SMILES string of the molecule is Cc1ccc(F)c(C(=O)N[C@@H](C(=O)N2CCC3(CC2)C(=O)N(C)C(=O)N3c2cccc(C#N)c2)C(C)C)c1. The third-order valence-electron chi connectivity index (χ3n) is 7.33. The van der Waals surface area contributed by atoms with E-state index in [4.69, 9.17) is 0 Å². The minimum Gasteiger partial charge on any atom is -0.341 e. The van der Waals surface area contributed by atoms with E-state index in [1.807, 2.05) is 0 Å². The Kier molecular flexibility index (Phi) is 7.22. The molecule has 0 aromatic heterocycles. The first-order valence-corrected chi connectivity index (χ1v) is 12.5. The van der Waals surface area contributed by atoms with Gasteiger partial charge in [-0.3, -0.25) is 24.2 Å². The number of anilines is 1. The first-order chi connectivity index (χ1) is 18.0.